The number of nitrogens with zero attached hydrogens (tertiary/aromatic N) is 2. The van der Waals surface area contributed by atoms with Crippen molar-refractivity contribution < 1.29 is 14.3 Å². The molecule has 0 spiro atoms. The zero-order valence-corrected chi connectivity index (χ0v) is 20.7. The first kappa shape index (κ1) is 23.2. The van der Waals surface area contributed by atoms with E-state index in [4.69, 9.17) is 19.3 Å². The summed E-state index contributed by atoms with van der Waals surface area (Å²) in [5.74, 6) is 1.95. The van der Waals surface area contributed by atoms with E-state index in [0.29, 0.717) is 18.6 Å². The van der Waals surface area contributed by atoms with Crippen LogP contribution in [0.3, 0.4) is 0 Å². The summed E-state index contributed by atoms with van der Waals surface area (Å²) >= 11 is 0. The van der Waals surface area contributed by atoms with Crippen LogP contribution in [0.4, 0.5) is 0 Å². The summed E-state index contributed by atoms with van der Waals surface area (Å²) in [6, 6.07) is 23.1. The van der Waals surface area contributed by atoms with E-state index in [1.54, 1.807) is 14.2 Å². The second-order valence-corrected chi connectivity index (χ2v) is 9.25. The van der Waals surface area contributed by atoms with Gasteiger partial charge in [0.15, 0.2) is 11.5 Å². The number of oxime groups is 1. The van der Waals surface area contributed by atoms with Gasteiger partial charge in [0.1, 0.15) is 6.61 Å². The highest BCUT2D eigenvalue weighted by Crippen LogP contribution is 2.44. The molecule has 5 heteroatoms. The first-order valence-electron chi connectivity index (χ1n) is 12.3. The quantitative estimate of drug-likeness (QED) is 0.293. The molecule has 0 bridgehead atoms. The number of hydrogen-bond donors (Lipinski definition) is 0. The summed E-state index contributed by atoms with van der Waals surface area (Å²) in [5.41, 5.74) is 7.50. The molecule has 180 valence electrons. The third-order valence-corrected chi connectivity index (χ3v) is 7.06. The zero-order valence-electron chi connectivity index (χ0n) is 20.7. The highest BCUT2D eigenvalue weighted by atomic mass is 16.6. The van der Waals surface area contributed by atoms with Gasteiger partial charge >= 0.3 is 0 Å². The van der Waals surface area contributed by atoms with E-state index in [-0.39, 0.29) is 0 Å². The molecule has 1 fully saturated rings. The SMILES string of the molecule is COc1cc2c(cc1OC)[C@H]1CCCC[C@H]1N=C2c1cccc(C(C)=NOCc2ccccc2)c1. The number of fused-ring (bicyclic) bond motifs is 3. The fourth-order valence-corrected chi connectivity index (χ4v) is 5.22. The Hall–Kier alpha value is -3.60. The lowest BCUT2D eigenvalue weighted by atomic mass is 9.75. The van der Waals surface area contributed by atoms with Gasteiger partial charge in [-0.1, -0.05) is 66.5 Å². The van der Waals surface area contributed by atoms with Crippen molar-refractivity contribution in [3.63, 3.8) is 0 Å². The Morgan fingerprint density at radius 3 is 2.49 bits per heavy atom. The number of aliphatic imine (C=N–C) groups is 1. The maximum atomic E-state index is 5.65. The van der Waals surface area contributed by atoms with Crippen molar-refractivity contribution in [2.45, 2.75) is 51.2 Å². The second kappa shape index (κ2) is 10.3. The largest absolute Gasteiger partial charge is 0.493 e. The topological polar surface area (TPSA) is 52.4 Å². The molecule has 1 heterocycles. The summed E-state index contributed by atoms with van der Waals surface area (Å²) in [5, 5.41) is 4.38. The molecule has 0 unspecified atom stereocenters. The van der Waals surface area contributed by atoms with Gasteiger partial charge in [0.05, 0.1) is 31.7 Å². The first-order valence-corrected chi connectivity index (χ1v) is 12.3. The highest BCUT2D eigenvalue weighted by molar-refractivity contribution is 6.16. The molecule has 5 nitrogen and oxygen atoms in total. The third-order valence-electron chi connectivity index (χ3n) is 7.06. The van der Waals surface area contributed by atoms with Crippen molar-refractivity contribution in [3.8, 4) is 11.5 Å². The van der Waals surface area contributed by atoms with E-state index in [9.17, 15) is 0 Å². The van der Waals surface area contributed by atoms with Gasteiger partial charge < -0.3 is 14.3 Å². The maximum absolute atomic E-state index is 5.65. The molecule has 0 saturated heterocycles. The van der Waals surface area contributed by atoms with Crippen molar-refractivity contribution >= 4 is 11.4 Å². The van der Waals surface area contributed by atoms with Crippen LogP contribution in [-0.2, 0) is 11.4 Å². The predicted octanol–water partition coefficient (Wildman–Crippen LogP) is 6.52. The first-order chi connectivity index (χ1) is 17.2. The monoisotopic (exact) mass is 468 g/mol. The van der Waals surface area contributed by atoms with Gasteiger partial charge in [0, 0.05) is 17.0 Å². The Kier molecular flexibility index (Phi) is 6.84. The number of rotatable bonds is 7. The zero-order chi connectivity index (χ0) is 24.2. The van der Waals surface area contributed by atoms with Crippen molar-refractivity contribution in [2.24, 2.45) is 10.1 Å². The second-order valence-electron chi connectivity index (χ2n) is 9.25. The summed E-state index contributed by atoms with van der Waals surface area (Å²) < 4.78 is 11.3. The van der Waals surface area contributed by atoms with E-state index in [1.165, 1.54) is 18.4 Å². The minimum atomic E-state index is 0.303. The molecule has 0 N–H and O–H groups in total. The minimum absolute atomic E-state index is 0.303. The van der Waals surface area contributed by atoms with Crippen molar-refractivity contribution in [1.82, 2.24) is 0 Å². The lowest BCUT2D eigenvalue weighted by Gasteiger charge is -2.35. The Bertz CT molecular complexity index is 1250. The van der Waals surface area contributed by atoms with Gasteiger partial charge in [-0.3, -0.25) is 4.99 Å². The number of methoxy groups -OCH3 is 2. The van der Waals surface area contributed by atoms with Crippen LogP contribution in [0.2, 0.25) is 0 Å². The van der Waals surface area contributed by atoms with Crippen LogP contribution in [0.1, 0.15) is 66.3 Å². The molecule has 35 heavy (non-hydrogen) atoms. The molecular formula is C30H32N2O3. The molecular weight excluding hydrogens is 436 g/mol. The van der Waals surface area contributed by atoms with Crippen molar-refractivity contribution in [3.05, 3.63) is 94.5 Å². The molecule has 5 rings (SSSR count). The van der Waals surface area contributed by atoms with Gasteiger partial charge in [0.25, 0.3) is 0 Å². The highest BCUT2D eigenvalue weighted by Gasteiger charge is 2.34. The summed E-state index contributed by atoms with van der Waals surface area (Å²) in [6.45, 7) is 2.43. The van der Waals surface area contributed by atoms with Crippen LogP contribution in [0.25, 0.3) is 0 Å². The van der Waals surface area contributed by atoms with E-state index >= 15 is 0 Å². The average Bonchev–Trinajstić information content (AvgIpc) is 2.92. The molecule has 3 aromatic carbocycles. The van der Waals surface area contributed by atoms with Crippen molar-refractivity contribution in [2.75, 3.05) is 14.2 Å². The van der Waals surface area contributed by atoms with Crippen LogP contribution in [0, 0.1) is 0 Å². The summed E-state index contributed by atoms with van der Waals surface area (Å²) in [4.78, 5) is 10.9. The minimum Gasteiger partial charge on any atom is -0.493 e. The molecule has 1 aliphatic carbocycles. The number of hydrogen-bond acceptors (Lipinski definition) is 5. The lowest BCUT2D eigenvalue weighted by Crippen LogP contribution is -2.29. The molecule has 3 aromatic rings. The molecule has 0 amide bonds. The molecule has 1 saturated carbocycles. The van der Waals surface area contributed by atoms with Crippen LogP contribution >= 0.6 is 0 Å². The van der Waals surface area contributed by atoms with Gasteiger partial charge in [0.2, 0.25) is 0 Å². The Balaban J connectivity index is 1.48. The van der Waals surface area contributed by atoms with E-state index < -0.39 is 0 Å². The molecule has 1 aliphatic heterocycles. The van der Waals surface area contributed by atoms with Crippen LogP contribution < -0.4 is 9.47 Å². The number of ether oxygens (including phenoxy) is 2. The Labute approximate surface area is 207 Å². The van der Waals surface area contributed by atoms with E-state index in [1.807, 2.05) is 37.3 Å². The Morgan fingerprint density at radius 1 is 0.914 bits per heavy atom. The molecule has 0 radical (unpaired) electrons. The maximum Gasteiger partial charge on any atom is 0.161 e. The van der Waals surface area contributed by atoms with Gasteiger partial charge in [-0.05, 0) is 54.7 Å². The fourth-order valence-electron chi connectivity index (χ4n) is 5.22. The Morgan fingerprint density at radius 2 is 1.69 bits per heavy atom. The number of benzene rings is 3. The predicted molar refractivity (Wildman–Crippen MR) is 140 cm³/mol. The molecule has 0 aromatic heterocycles. The summed E-state index contributed by atoms with van der Waals surface area (Å²) in [6.07, 6.45) is 4.75. The standard InChI is InChI=1S/C30H32N2O3/c1-20(32-35-19-21-10-5-4-6-11-21)22-12-9-13-23(16-22)30-26-18-29(34-3)28(33-2)17-25(26)24-14-7-8-15-27(24)31-30/h4-6,9-13,16-18,24,27H,7-8,14-15,19H2,1-3H3/t24-,27-/m1/s1. The summed E-state index contributed by atoms with van der Waals surface area (Å²) in [7, 11) is 3.38. The van der Waals surface area contributed by atoms with Gasteiger partial charge in [-0.25, -0.2) is 0 Å². The third kappa shape index (κ3) is 4.81. The van der Waals surface area contributed by atoms with Crippen LogP contribution in [-0.4, -0.2) is 31.7 Å². The fraction of sp³-hybridized carbons (Fsp3) is 0.333. The molecule has 2 aliphatic rings. The van der Waals surface area contributed by atoms with Gasteiger partial charge in [-0.2, -0.15) is 0 Å². The van der Waals surface area contributed by atoms with E-state index in [0.717, 1.165) is 58.0 Å². The average molecular weight is 469 g/mol. The van der Waals surface area contributed by atoms with Gasteiger partial charge in [-0.15, -0.1) is 0 Å². The van der Waals surface area contributed by atoms with Crippen LogP contribution in [0.15, 0.2) is 76.9 Å². The van der Waals surface area contributed by atoms with E-state index in [2.05, 4.69) is 41.6 Å². The van der Waals surface area contributed by atoms with Crippen LogP contribution in [0.5, 0.6) is 11.5 Å². The smallest absolute Gasteiger partial charge is 0.161 e. The van der Waals surface area contributed by atoms with Crippen molar-refractivity contribution in [1.29, 1.82) is 0 Å². The lowest BCUT2D eigenvalue weighted by molar-refractivity contribution is 0.130. The molecule has 2 atom stereocenters. The normalized spacial score (nSPS) is 19.3.